The van der Waals surface area contributed by atoms with Crippen LogP contribution in [0.5, 0.6) is 0 Å². The molecular formula is C8H18O5S. The standard InChI is InChI=1S/C7H14O2.CH4O3S/c1-3-4-5-6(2)7(8)9;1-5(2,3)4/h6H,3-5H2,1-2H3,(H,8,9);1H3,(H,2,3,4). The summed E-state index contributed by atoms with van der Waals surface area (Å²) >= 11 is 0. The second kappa shape index (κ2) is 7.75. The van der Waals surface area contributed by atoms with Gasteiger partial charge in [0.05, 0.1) is 12.2 Å². The van der Waals surface area contributed by atoms with Gasteiger partial charge in [-0.2, -0.15) is 8.42 Å². The molecule has 0 saturated heterocycles. The van der Waals surface area contributed by atoms with Crippen molar-refractivity contribution in [2.24, 2.45) is 5.92 Å². The minimum absolute atomic E-state index is 0.162. The predicted molar refractivity (Wildman–Crippen MR) is 53.8 cm³/mol. The molecule has 0 aromatic heterocycles. The summed E-state index contributed by atoms with van der Waals surface area (Å²) in [5, 5.41) is 8.41. The van der Waals surface area contributed by atoms with Gasteiger partial charge in [-0.05, 0) is 6.42 Å². The average Bonchev–Trinajstić information content (AvgIpc) is 1.96. The SMILES string of the molecule is CCCCC(C)C(=O)O.CS(=O)(=O)O. The fraction of sp³-hybridized carbons (Fsp3) is 0.875. The van der Waals surface area contributed by atoms with Crippen LogP contribution in [0.4, 0.5) is 0 Å². The molecule has 0 aliphatic carbocycles. The summed E-state index contributed by atoms with van der Waals surface area (Å²) < 4.78 is 25.9. The van der Waals surface area contributed by atoms with Gasteiger partial charge in [0.15, 0.2) is 0 Å². The average molecular weight is 226 g/mol. The number of aliphatic carboxylic acids is 1. The Morgan fingerprint density at radius 1 is 1.43 bits per heavy atom. The van der Waals surface area contributed by atoms with Gasteiger partial charge in [0.1, 0.15) is 0 Å². The molecule has 0 amide bonds. The molecule has 14 heavy (non-hydrogen) atoms. The number of carboxylic acids is 1. The van der Waals surface area contributed by atoms with Gasteiger partial charge >= 0.3 is 5.97 Å². The van der Waals surface area contributed by atoms with Crippen LogP contribution in [0, 0.1) is 5.92 Å². The van der Waals surface area contributed by atoms with Crippen LogP contribution in [0.15, 0.2) is 0 Å². The Hall–Kier alpha value is -0.620. The number of carbonyl (C=O) groups is 1. The lowest BCUT2D eigenvalue weighted by molar-refractivity contribution is -0.141. The first-order chi connectivity index (χ1) is 6.18. The van der Waals surface area contributed by atoms with E-state index in [0.29, 0.717) is 6.26 Å². The zero-order chi connectivity index (χ0) is 11.8. The number of hydrogen-bond acceptors (Lipinski definition) is 3. The van der Waals surface area contributed by atoms with Gasteiger partial charge < -0.3 is 5.11 Å². The molecule has 2 N–H and O–H groups in total. The molecule has 1 unspecified atom stereocenters. The molecular weight excluding hydrogens is 208 g/mol. The lowest BCUT2D eigenvalue weighted by atomic mass is 10.1. The van der Waals surface area contributed by atoms with Gasteiger partial charge in [0, 0.05) is 0 Å². The highest BCUT2D eigenvalue weighted by molar-refractivity contribution is 7.85. The van der Waals surface area contributed by atoms with Gasteiger partial charge in [0.25, 0.3) is 10.1 Å². The van der Waals surface area contributed by atoms with Gasteiger partial charge in [-0.15, -0.1) is 0 Å². The Kier molecular flexibility index (Phi) is 8.77. The fourth-order valence-electron chi connectivity index (χ4n) is 0.634. The second-order valence-corrected chi connectivity index (χ2v) is 4.58. The minimum Gasteiger partial charge on any atom is -0.481 e. The molecule has 0 bridgehead atoms. The fourth-order valence-corrected chi connectivity index (χ4v) is 0.634. The van der Waals surface area contributed by atoms with Crippen molar-refractivity contribution >= 4 is 16.1 Å². The van der Waals surface area contributed by atoms with Crippen LogP contribution in [0.3, 0.4) is 0 Å². The van der Waals surface area contributed by atoms with E-state index in [4.69, 9.17) is 9.66 Å². The molecule has 0 aromatic rings. The molecule has 6 heteroatoms. The van der Waals surface area contributed by atoms with E-state index in [0.717, 1.165) is 19.3 Å². The van der Waals surface area contributed by atoms with Crippen LogP contribution in [0.1, 0.15) is 33.1 Å². The molecule has 0 radical (unpaired) electrons. The van der Waals surface area contributed by atoms with E-state index in [-0.39, 0.29) is 5.92 Å². The Balaban J connectivity index is 0. The van der Waals surface area contributed by atoms with Crippen LogP contribution < -0.4 is 0 Å². The third-order valence-electron chi connectivity index (χ3n) is 1.41. The number of unbranched alkanes of at least 4 members (excludes halogenated alkanes) is 1. The first-order valence-corrected chi connectivity index (χ1v) is 6.18. The Labute approximate surface area is 84.9 Å². The van der Waals surface area contributed by atoms with Crippen molar-refractivity contribution in [3.63, 3.8) is 0 Å². The number of hydrogen-bond donors (Lipinski definition) is 2. The zero-order valence-corrected chi connectivity index (χ0v) is 9.54. The molecule has 0 aromatic carbocycles. The van der Waals surface area contributed by atoms with Crippen molar-refractivity contribution in [2.45, 2.75) is 33.1 Å². The smallest absolute Gasteiger partial charge is 0.306 e. The van der Waals surface area contributed by atoms with Gasteiger partial charge in [0.2, 0.25) is 0 Å². The van der Waals surface area contributed by atoms with Crippen molar-refractivity contribution in [3.05, 3.63) is 0 Å². The molecule has 0 aliphatic heterocycles. The molecule has 5 nitrogen and oxygen atoms in total. The highest BCUT2D eigenvalue weighted by Crippen LogP contribution is 2.06. The van der Waals surface area contributed by atoms with Crippen LogP contribution >= 0.6 is 0 Å². The van der Waals surface area contributed by atoms with Crippen LogP contribution in [0.2, 0.25) is 0 Å². The van der Waals surface area contributed by atoms with E-state index in [1.165, 1.54) is 0 Å². The minimum atomic E-state index is -3.67. The second-order valence-electron chi connectivity index (χ2n) is 3.11. The first kappa shape index (κ1) is 15.8. The first-order valence-electron chi connectivity index (χ1n) is 4.33. The Bertz CT molecular complexity index is 236. The maximum Gasteiger partial charge on any atom is 0.306 e. The molecule has 0 fully saturated rings. The van der Waals surface area contributed by atoms with Crippen molar-refractivity contribution in [3.8, 4) is 0 Å². The Morgan fingerprint density at radius 3 is 2.00 bits per heavy atom. The maximum atomic E-state index is 10.2. The lowest BCUT2D eigenvalue weighted by Gasteiger charge is -2.02. The molecule has 0 rings (SSSR count). The topological polar surface area (TPSA) is 91.7 Å². The molecule has 1 atom stereocenters. The summed E-state index contributed by atoms with van der Waals surface area (Å²) in [7, 11) is -3.67. The summed E-state index contributed by atoms with van der Waals surface area (Å²) in [4.78, 5) is 10.2. The summed E-state index contributed by atoms with van der Waals surface area (Å²) in [5.41, 5.74) is 0. The largest absolute Gasteiger partial charge is 0.481 e. The van der Waals surface area contributed by atoms with Crippen LogP contribution in [-0.2, 0) is 14.9 Å². The summed E-state index contributed by atoms with van der Waals surface area (Å²) in [6.45, 7) is 3.81. The monoisotopic (exact) mass is 226 g/mol. The van der Waals surface area contributed by atoms with E-state index >= 15 is 0 Å². The highest BCUT2D eigenvalue weighted by atomic mass is 32.2. The lowest BCUT2D eigenvalue weighted by Crippen LogP contribution is -2.08. The number of rotatable bonds is 4. The molecule has 0 aliphatic rings. The van der Waals surface area contributed by atoms with Gasteiger partial charge in [-0.1, -0.05) is 26.7 Å². The van der Waals surface area contributed by atoms with Crippen LogP contribution in [0.25, 0.3) is 0 Å². The third-order valence-corrected chi connectivity index (χ3v) is 1.41. The summed E-state index contributed by atoms with van der Waals surface area (Å²) in [6.07, 6.45) is 3.63. The van der Waals surface area contributed by atoms with E-state index < -0.39 is 16.1 Å². The molecule has 0 saturated carbocycles. The van der Waals surface area contributed by atoms with Gasteiger partial charge in [-0.3, -0.25) is 9.35 Å². The zero-order valence-electron chi connectivity index (χ0n) is 8.73. The highest BCUT2D eigenvalue weighted by Gasteiger charge is 2.08. The normalized spacial score (nSPS) is 12.6. The van der Waals surface area contributed by atoms with Crippen molar-refractivity contribution in [1.82, 2.24) is 0 Å². The third kappa shape index (κ3) is 22.5. The van der Waals surface area contributed by atoms with E-state index in [1.54, 1.807) is 6.92 Å². The number of carboxylic acid groups (broad SMARTS) is 1. The molecule has 0 heterocycles. The van der Waals surface area contributed by atoms with Gasteiger partial charge in [-0.25, -0.2) is 0 Å². The van der Waals surface area contributed by atoms with E-state index in [1.807, 2.05) is 0 Å². The Morgan fingerprint density at radius 2 is 1.79 bits per heavy atom. The maximum absolute atomic E-state index is 10.2. The van der Waals surface area contributed by atoms with Crippen molar-refractivity contribution in [2.75, 3.05) is 6.26 Å². The molecule has 0 spiro atoms. The summed E-state index contributed by atoms with van der Waals surface area (Å²) in [6, 6.07) is 0. The van der Waals surface area contributed by atoms with E-state index in [2.05, 4.69) is 6.92 Å². The van der Waals surface area contributed by atoms with Crippen molar-refractivity contribution < 1.29 is 22.9 Å². The predicted octanol–water partition coefficient (Wildman–Crippen LogP) is 1.40. The van der Waals surface area contributed by atoms with Crippen molar-refractivity contribution in [1.29, 1.82) is 0 Å². The quantitative estimate of drug-likeness (QED) is 0.707. The van der Waals surface area contributed by atoms with Crippen LogP contribution in [-0.4, -0.2) is 30.3 Å². The molecule has 86 valence electrons. The summed E-state index contributed by atoms with van der Waals surface area (Å²) in [5.74, 6) is -0.839. The van der Waals surface area contributed by atoms with E-state index in [9.17, 15) is 13.2 Å².